The van der Waals surface area contributed by atoms with E-state index in [-0.39, 0.29) is 11.7 Å². The predicted molar refractivity (Wildman–Crippen MR) is 118 cm³/mol. The molecule has 4 aromatic carbocycles. The second kappa shape index (κ2) is 8.02. The molecule has 5 nitrogen and oxygen atoms in total. The van der Waals surface area contributed by atoms with Crippen LogP contribution in [0.5, 0.6) is 5.75 Å². The van der Waals surface area contributed by atoms with Crippen LogP contribution in [0.2, 0.25) is 0 Å². The fourth-order valence-corrected chi connectivity index (χ4v) is 3.27. The molecular formula is C24H21N3O2. The van der Waals surface area contributed by atoms with Gasteiger partial charge < -0.3 is 10.4 Å². The first-order valence-electron chi connectivity index (χ1n) is 9.41. The second-order valence-electron chi connectivity index (χ2n) is 6.88. The third-order valence-corrected chi connectivity index (χ3v) is 4.84. The van der Waals surface area contributed by atoms with Crippen molar-refractivity contribution >= 4 is 39.4 Å². The highest BCUT2D eigenvalue weighted by Crippen LogP contribution is 2.25. The summed E-state index contributed by atoms with van der Waals surface area (Å²) in [5, 5.41) is 21.5. The number of hydrazone groups is 1. The van der Waals surface area contributed by atoms with Crippen molar-refractivity contribution in [3.05, 3.63) is 84.4 Å². The summed E-state index contributed by atoms with van der Waals surface area (Å²) in [6, 6.07) is 24.7. The maximum atomic E-state index is 12.4. The number of fused-ring (bicyclic) bond motifs is 2. The maximum Gasteiger partial charge on any atom is 0.262 e. The molecule has 0 heterocycles. The molecule has 1 amide bonds. The third kappa shape index (κ3) is 4.04. The molecule has 0 fully saturated rings. The van der Waals surface area contributed by atoms with Gasteiger partial charge in [-0.25, -0.2) is 5.43 Å². The van der Waals surface area contributed by atoms with Crippen LogP contribution in [0.1, 0.15) is 12.5 Å². The van der Waals surface area contributed by atoms with E-state index >= 15 is 0 Å². The number of aromatic hydroxyl groups is 1. The molecule has 0 aliphatic heterocycles. The van der Waals surface area contributed by atoms with Crippen LogP contribution in [0.4, 0.5) is 5.69 Å². The van der Waals surface area contributed by atoms with E-state index in [0.717, 1.165) is 27.2 Å². The molecule has 5 heteroatoms. The molecule has 144 valence electrons. The van der Waals surface area contributed by atoms with E-state index in [1.807, 2.05) is 72.8 Å². The molecule has 0 aromatic heterocycles. The highest BCUT2D eigenvalue weighted by Gasteiger charge is 2.12. The number of rotatable bonds is 5. The van der Waals surface area contributed by atoms with Gasteiger partial charge in [0.05, 0.1) is 6.21 Å². The van der Waals surface area contributed by atoms with E-state index < -0.39 is 6.04 Å². The predicted octanol–water partition coefficient (Wildman–Crippen LogP) is 4.65. The number of phenolic OH excluding ortho intramolecular Hbond substituents is 1. The van der Waals surface area contributed by atoms with Crippen LogP contribution in [-0.4, -0.2) is 23.3 Å². The van der Waals surface area contributed by atoms with Crippen LogP contribution in [0.25, 0.3) is 21.5 Å². The number of anilines is 1. The van der Waals surface area contributed by atoms with Gasteiger partial charge in [-0.1, -0.05) is 60.7 Å². The van der Waals surface area contributed by atoms with Crippen molar-refractivity contribution in [2.75, 3.05) is 5.32 Å². The van der Waals surface area contributed by atoms with E-state index in [2.05, 4.69) is 15.8 Å². The lowest BCUT2D eigenvalue weighted by molar-refractivity contribution is -0.121. The summed E-state index contributed by atoms with van der Waals surface area (Å²) in [6.07, 6.45) is 1.47. The summed E-state index contributed by atoms with van der Waals surface area (Å²) in [7, 11) is 0. The summed E-state index contributed by atoms with van der Waals surface area (Å²) in [5.74, 6) is -0.154. The Balaban J connectivity index is 1.44. The number of nitrogens with one attached hydrogen (secondary N) is 2. The largest absolute Gasteiger partial charge is 0.507 e. The Morgan fingerprint density at radius 1 is 0.931 bits per heavy atom. The topological polar surface area (TPSA) is 73.7 Å². The van der Waals surface area contributed by atoms with Crippen molar-refractivity contribution in [3.8, 4) is 5.75 Å². The molecule has 0 bridgehead atoms. The highest BCUT2D eigenvalue weighted by molar-refractivity contribution is 6.02. The Hall–Kier alpha value is -3.86. The molecular weight excluding hydrogens is 362 g/mol. The van der Waals surface area contributed by atoms with E-state index in [1.54, 1.807) is 13.0 Å². The Morgan fingerprint density at radius 2 is 1.62 bits per heavy atom. The molecule has 3 N–H and O–H groups in total. The van der Waals surface area contributed by atoms with Gasteiger partial charge in [0.1, 0.15) is 11.8 Å². The number of amides is 1. The summed E-state index contributed by atoms with van der Waals surface area (Å²) in [6.45, 7) is 1.77. The Morgan fingerprint density at radius 3 is 2.45 bits per heavy atom. The van der Waals surface area contributed by atoms with Gasteiger partial charge in [0.15, 0.2) is 0 Å². The molecule has 0 saturated carbocycles. The summed E-state index contributed by atoms with van der Waals surface area (Å²) < 4.78 is 0. The zero-order valence-electron chi connectivity index (χ0n) is 16.0. The monoisotopic (exact) mass is 383 g/mol. The molecule has 0 aliphatic carbocycles. The molecule has 0 spiro atoms. The van der Waals surface area contributed by atoms with Crippen molar-refractivity contribution in [3.63, 3.8) is 0 Å². The van der Waals surface area contributed by atoms with Crippen LogP contribution < -0.4 is 10.7 Å². The van der Waals surface area contributed by atoms with E-state index in [0.29, 0.717) is 5.56 Å². The van der Waals surface area contributed by atoms with Gasteiger partial charge in [-0.05, 0) is 46.7 Å². The number of hydrogen-bond donors (Lipinski definition) is 3. The zero-order chi connectivity index (χ0) is 20.2. The Kier molecular flexibility index (Phi) is 5.12. The Bertz CT molecular complexity index is 1220. The highest BCUT2D eigenvalue weighted by atomic mass is 16.3. The SMILES string of the molecule is C[C@@H](Nc1ccc2ccccc2c1)C(=O)N/N=C/c1c(O)ccc2ccccc12. The number of hydrogen-bond acceptors (Lipinski definition) is 4. The molecule has 4 aromatic rings. The Labute approximate surface area is 168 Å². The van der Waals surface area contributed by atoms with Crippen LogP contribution >= 0.6 is 0 Å². The van der Waals surface area contributed by atoms with Gasteiger partial charge in [0, 0.05) is 11.3 Å². The van der Waals surface area contributed by atoms with Crippen molar-refractivity contribution in [2.45, 2.75) is 13.0 Å². The van der Waals surface area contributed by atoms with Gasteiger partial charge in [0.2, 0.25) is 0 Å². The minimum absolute atomic E-state index is 0.115. The first kappa shape index (κ1) is 18.5. The first-order valence-corrected chi connectivity index (χ1v) is 9.41. The average molecular weight is 383 g/mol. The van der Waals surface area contributed by atoms with E-state index in [9.17, 15) is 9.90 Å². The van der Waals surface area contributed by atoms with Crippen LogP contribution in [0.3, 0.4) is 0 Å². The fraction of sp³-hybridized carbons (Fsp3) is 0.0833. The molecule has 0 saturated heterocycles. The first-order chi connectivity index (χ1) is 14.1. The van der Waals surface area contributed by atoms with E-state index in [1.165, 1.54) is 6.21 Å². The van der Waals surface area contributed by atoms with Gasteiger partial charge >= 0.3 is 0 Å². The maximum absolute atomic E-state index is 12.4. The fourth-order valence-electron chi connectivity index (χ4n) is 3.27. The number of nitrogens with zero attached hydrogens (tertiary/aromatic N) is 1. The lowest BCUT2D eigenvalue weighted by Gasteiger charge is -2.14. The van der Waals surface area contributed by atoms with Gasteiger partial charge in [-0.3, -0.25) is 4.79 Å². The van der Waals surface area contributed by atoms with Crippen LogP contribution in [0, 0.1) is 0 Å². The number of carbonyl (C=O) groups is 1. The second-order valence-corrected chi connectivity index (χ2v) is 6.88. The molecule has 4 rings (SSSR count). The quantitative estimate of drug-likeness (QED) is 0.347. The van der Waals surface area contributed by atoms with Crippen LogP contribution in [-0.2, 0) is 4.79 Å². The normalized spacial score (nSPS) is 12.3. The molecule has 0 aliphatic rings. The van der Waals surface area contributed by atoms with Crippen molar-refractivity contribution in [2.24, 2.45) is 5.10 Å². The summed E-state index contributed by atoms with van der Waals surface area (Å²) in [5.41, 5.74) is 3.97. The van der Waals surface area contributed by atoms with Crippen molar-refractivity contribution < 1.29 is 9.90 Å². The zero-order valence-corrected chi connectivity index (χ0v) is 16.0. The minimum atomic E-state index is -0.477. The van der Waals surface area contributed by atoms with Gasteiger partial charge in [-0.2, -0.15) is 5.10 Å². The molecule has 1 atom stereocenters. The standard InChI is InChI=1S/C24H21N3O2/c1-16(26-20-12-10-17-6-2-3-8-19(17)14-20)24(29)27-25-15-22-21-9-5-4-7-18(21)11-13-23(22)28/h2-16,26,28H,1H3,(H,27,29)/b25-15+/t16-/m1/s1. The molecule has 0 radical (unpaired) electrons. The summed E-state index contributed by atoms with van der Waals surface area (Å²) in [4.78, 5) is 12.4. The smallest absolute Gasteiger partial charge is 0.262 e. The lowest BCUT2D eigenvalue weighted by atomic mass is 10.0. The van der Waals surface area contributed by atoms with Crippen LogP contribution in [0.15, 0.2) is 84.0 Å². The third-order valence-electron chi connectivity index (χ3n) is 4.84. The van der Waals surface area contributed by atoms with Crippen molar-refractivity contribution in [1.82, 2.24) is 5.43 Å². The molecule has 29 heavy (non-hydrogen) atoms. The summed E-state index contributed by atoms with van der Waals surface area (Å²) >= 11 is 0. The number of carbonyl (C=O) groups excluding carboxylic acids is 1. The number of benzene rings is 4. The van der Waals surface area contributed by atoms with Gasteiger partial charge in [0.25, 0.3) is 5.91 Å². The average Bonchev–Trinajstić information content (AvgIpc) is 2.75. The molecule has 0 unspecified atom stereocenters. The number of phenols is 1. The lowest BCUT2D eigenvalue weighted by Crippen LogP contribution is -2.34. The minimum Gasteiger partial charge on any atom is -0.507 e. The van der Waals surface area contributed by atoms with Gasteiger partial charge in [-0.15, -0.1) is 0 Å². The van der Waals surface area contributed by atoms with Crippen molar-refractivity contribution in [1.29, 1.82) is 0 Å². The van der Waals surface area contributed by atoms with E-state index in [4.69, 9.17) is 0 Å².